The normalized spacial score (nSPS) is 12.2. The van der Waals surface area contributed by atoms with Crippen molar-refractivity contribution in [2.24, 2.45) is 0 Å². The highest BCUT2D eigenvalue weighted by molar-refractivity contribution is 5.99. The second-order valence-corrected chi connectivity index (χ2v) is 4.68. The zero-order valence-corrected chi connectivity index (χ0v) is 11.2. The van der Waals surface area contributed by atoms with Crippen LogP contribution in [0, 0.1) is 0 Å². The number of anilines is 1. The summed E-state index contributed by atoms with van der Waals surface area (Å²) in [6.07, 6.45) is 0. The summed E-state index contributed by atoms with van der Waals surface area (Å²) >= 11 is 0. The van der Waals surface area contributed by atoms with Crippen LogP contribution in [-0.4, -0.2) is 26.2 Å². The van der Waals surface area contributed by atoms with Gasteiger partial charge >= 0.3 is 0 Å². The maximum atomic E-state index is 12.3. The zero-order valence-electron chi connectivity index (χ0n) is 11.2. The minimum atomic E-state index is 0.0506. The molecule has 0 N–H and O–H groups in total. The second kappa shape index (κ2) is 5.25. The summed E-state index contributed by atoms with van der Waals surface area (Å²) in [5.74, 6) is 1.38. The third-order valence-electron chi connectivity index (χ3n) is 3.27. The van der Waals surface area contributed by atoms with Crippen molar-refractivity contribution in [3.8, 4) is 11.5 Å². The molecule has 0 saturated heterocycles. The number of para-hydroxylation sites is 1. The number of fused-ring (bicyclic) bond motifs is 1. The SMILES string of the molecule is CN(CC(=O)c1ccc2c(c1)OCO2)c1ccccc1. The largest absolute Gasteiger partial charge is 0.454 e. The summed E-state index contributed by atoms with van der Waals surface area (Å²) in [4.78, 5) is 14.2. The number of ether oxygens (including phenoxy) is 2. The summed E-state index contributed by atoms with van der Waals surface area (Å²) in [7, 11) is 1.90. The van der Waals surface area contributed by atoms with Gasteiger partial charge in [0.05, 0.1) is 6.54 Å². The Morgan fingerprint density at radius 1 is 1.10 bits per heavy atom. The first-order chi connectivity index (χ1) is 9.74. The molecule has 0 radical (unpaired) electrons. The highest BCUT2D eigenvalue weighted by atomic mass is 16.7. The summed E-state index contributed by atoms with van der Waals surface area (Å²) in [6.45, 7) is 0.542. The van der Waals surface area contributed by atoms with Crippen molar-refractivity contribution in [2.75, 3.05) is 25.3 Å². The Balaban J connectivity index is 1.73. The molecule has 4 heteroatoms. The molecular formula is C16H15NO3. The van der Waals surface area contributed by atoms with Crippen LogP contribution in [0.5, 0.6) is 11.5 Å². The average molecular weight is 269 g/mol. The number of Topliss-reactive ketones (excluding diaryl/α,β-unsaturated/α-hetero) is 1. The molecule has 2 aromatic rings. The van der Waals surface area contributed by atoms with Gasteiger partial charge in [0.15, 0.2) is 17.3 Å². The van der Waals surface area contributed by atoms with E-state index in [4.69, 9.17) is 9.47 Å². The van der Waals surface area contributed by atoms with Gasteiger partial charge in [-0.25, -0.2) is 0 Å². The van der Waals surface area contributed by atoms with Crippen LogP contribution in [-0.2, 0) is 0 Å². The van der Waals surface area contributed by atoms with Gasteiger partial charge in [0.1, 0.15) is 0 Å². The van der Waals surface area contributed by atoms with Crippen molar-refractivity contribution in [2.45, 2.75) is 0 Å². The molecule has 0 saturated carbocycles. The quantitative estimate of drug-likeness (QED) is 0.800. The van der Waals surface area contributed by atoms with E-state index < -0.39 is 0 Å². The highest BCUT2D eigenvalue weighted by Gasteiger charge is 2.17. The van der Waals surface area contributed by atoms with Crippen LogP contribution in [0.1, 0.15) is 10.4 Å². The van der Waals surface area contributed by atoms with Gasteiger partial charge < -0.3 is 14.4 Å². The molecule has 20 heavy (non-hydrogen) atoms. The molecule has 3 rings (SSSR count). The van der Waals surface area contributed by atoms with Gasteiger partial charge in [-0.2, -0.15) is 0 Å². The minimum Gasteiger partial charge on any atom is -0.454 e. The molecule has 0 spiro atoms. The van der Waals surface area contributed by atoms with Crippen LogP contribution in [0.4, 0.5) is 5.69 Å². The van der Waals surface area contributed by atoms with Crippen LogP contribution in [0.25, 0.3) is 0 Å². The number of hydrogen-bond acceptors (Lipinski definition) is 4. The standard InChI is InChI=1S/C16H15NO3/c1-17(13-5-3-2-4-6-13)10-14(18)12-7-8-15-16(9-12)20-11-19-15/h2-9H,10-11H2,1H3. The topological polar surface area (TPSA) is 38.8 Å². The summed E-state index contributed by atoms with van der Waals surface area (Å²) in [5, 5.41) is 0. The molecule has 0 fully saturated rings. The van der Waals surface area contributed by atoms with Gasteiger partial charge in [0.2, 0.25) is 6.79 Å². The van der Waals surface area contributed by atoms with Crippen LogP contribution >= 0.6 is 0 Å². The molecule has 0 bridgehead atoms. The fraction of sp³-hybridized carbons (Fsp3) is 0.188. The predicted molar refractivity (Wildman–Crippen MR) is 76.6 cm³/mol. The second-order valence-electron chi connectivity index (χ2n) is 4.68. The number of ketones is 1. The van der Waals surface area contributed by atoms with Crippen LogP contribution in [0.3, 0.4) is 0 Å². The maximum absolute atomic E-state index is 12.3. The fourth-order valence-corrected chi connectivity index (χ4v) is 2.15. The van der Waals surface area contributed by atoms with E-state index in [1.54, 1.807) is 18.2 Å². The van der Waals surface area contributed by atoms with Crippen LogP contribution < -0.4 is 14.4 Å². The molecule has 0 unspecified atom stereocenters. The first-order valence-electron chi connectivity index (χ1n) is 6.43. The number of carbonyl (C=O) groups is 1. The van der Waals surface area contributed by atoms with Crippen LogP contribution in [0.15, 0.2) is 48.5 Å². The lowest BCUT2D eigenvalue weighted by atomic mass is 10.1. The van der Waals surface area contributed by atoms with Gasteiger partial charge in [-0.3, -0.25) is 4.79 Å². The Labute approximate surface area is 117 Å². The average Bonchev–Trinajstić information content (AvgIpc) is 2.95. The number of likely N-dealkylation sites (N-methyl/N-ethyl adjacent to an activating group) is 1. The van der Waals surface area contributed by atoms with Gasteiger partial charge in [-0.05, 0) is 30.3 Å². The molecule has 4 nitrogen and oxygen atoms in total. The van der Waals surface area contributed by atoms with Gasteiger partial charge in [0.25, 0.3) is 0 Å². The molecule has 0 atom stereocenters. The monoisotopic (exact) mass is 269 g/mol. The van der Waals surface area contributed by atoms with Crippen molar-refractivity contribution in [3.63, 3.8) is 0 Å². The van der Waals surface area contributed by atoms with Crippen molar-refractivity contribution in [1.82, 2.24) is 0 Å². The zero-order chi connectivity index (χ0) is 13.9. The van der Waals surface area contributed by atoms with E-state index in [1.807, 2.05) is 42.3 Å². The first-order valence-corrected chi connectivity index (χ1v) is 6.43. The van der Waals surface area contributed by atoms with Crippen molar-refractivity contribution in [1.29, 1.82) is 0 Å². The summed E-state index contributed by atoms with van der Waals surface area (Å²) in [6, 6.07) is 15.1. The Bertz CT molecular complexity index is 625. The lowest BCUT2D eigenvalue weighted by Gasteiger charge is -2.18. The van der Waals surface area contributed by atoms with E-state index in [-0.39, 0.29) is 12.6 Å². The number of hydrogen-bond donors (Lipinski definition) is 0. The molecule has 1 aliphatic heterocycles. The van der Waals surface area contributed by atoms with Gasteiger partial charge in [-0.15, -0.1) is 0 Å². The Kier molecular flexibility index (Phi) is 3.29. The summed E-state index contributed by atoms with van der Waals surface area (Å²) in [5.41, 5.74) is 1.65. The fourth-order valence-electron chi connectivity index (χ4n) is 2.15. The maximum Gasteiger partial charge on any atom is 0.231 e. The minimum absolute atomic E-state index is 0.0506. The number of carbonyl (C=O) groups excluding carboxylic acids is 1. The van der Waals surface area contributed by atoms with E-state index in [2.05, 4.69) is 0 Å². The third kappa shape index (κ3) is 2.45. The lowest BCUT2D eigenvalue weighted by molar-refractivity contribution is 0.1000. The molecular weight excluding hydrogens is 254 g/mol. The van der Waals surface area contributed by atoms with Crippen molar-refractivity contribution >= 4 is 11.5 Å². The van der Waals surface area contributed by atoms with Crippen molar-refractivity contribution in [3.05, 3.63) is 54.1 Å². The molecule has 1 heterocycles. The molecule has 102 valence electrons. The predicted octanol–water partition coefficient (Wildman–Crippen LogP) is 2.73. The van der Waals surface area contributed by atoms with E-state index in [0.717, 1.165) is 5.69 Å². The molecule has 2 aromatic carbocycles. The first kappa shape index (κ1) is 12.5. The smallest absolute Gasteiger partial charge is 0.231 e. The Hall–Kier alpha value is -2.49. The van der Waals surface area contributed by atoms with E-state index >= 15 is 0 Å². The lowest BCUT2D eigenvalue weighted by Crippen LogP contribution is -2.25. The van der Waals surface area contributed by atoms with Gasteiger partial charge in [-0.1, -0.05) is 18.2 Å². The molecule has 1 aliphatic rings. The van der Waals surface area contributed by atoms with Gasteiger partial charge in [0, 0.05) is 18.3 Å². The molecule has 0 amide bonds. The molecule has 0 aliphatic carbocycles. The number of rotatable bonds is 4. The highest BCUT2D eigenvalue weighted by Crippen LogP contribution is 2.32. The summed E-state index contributed by atoms with van der Waals surface area (Å²) < 4.78 is 10.5. The third-order valence-corrected chi connectivity index (χ3v) is 3.27. The number of benzene rings is 2. The van der Waals surface area contributed by atoms with Crippen molar-refractivity contribution < 1.29 is 14.3 Å². The van der Waals surface area contributed by atoms with E-state index in [9.17, 15) is 4.79 Å². The van der Waals surface area contributed by atoms with Crippen LogP contribution in [0.2, 0.25) is 0 Å². The number of nitrogens with zero attached hydrogens (tertiary/aromatic N) is 1. The Morgan fingerprint density at radius 2 is 1.85 bits per heavy atom. The van der Waals surface area contributed by atoms with E-state index in [1.165, 1.54) is 0 Å². The van der Waals surface area contributed by atoms with E-state index in [0.29, 0.717) is 23.6 Å². The molecule has 0 aromatic heterocycles. The Morgan fingerprint density at radius 3 is 2.65 bits per heavy atom.